The summed E-state index contributed by atoms with van der Waals surface area (Å²) in [6.07, 6.45) is 0. The van der Waals surface area contributed by atoms with Gasteiger partial charge in [-0.05, 0) is 0 Å². The molecular formula is C5H7O2Ti. The van der Waals surface area contributed by atoms with Crippen LogP contribution in [-0.4, -0.2) is 11.6 Å². The van der Waals surface area contributed by atoms with E-state index in [-0.39, 0.29) is 11.6 Å². The molecule has 0 radical (unpaired) electrons. The molecule has 0 amide bonds. The van der Waals surface area contributed by atoms with Crippen molar-refractivity contribution in [3.63, 3.8) is 0 Å². The van der Waals surface area contributed by atoms with Crippen molar-refractivity contribution < 1.29 is 30.0 Å². The molecule has 0 unspecified atom stereocenters. The van der Waals surface area contributed by atoms with E-state index in [1.807, 2.05) is 0 Å². The Morgan fingerprint density at radius 2 is 1.50 bits per heavy atom. The Hall–Kier alpha value is 0.0543. The van der Waals surface area contributed by atoms with Crippen LogP contribution in [0, 0.1) is 0 Å². The van der Waals surface area contributed by atoms with E-state index in [0.717, 1.165) is 0 Å². The maximum absolute atomic E-state index is 10.4. The van der Waals surface area contributed by atoms with Gasteiger partial charge in [-0.15, -0.1) is 0 Å². The molecule has 0 N–H and O–H groups in total. The molecule has 0 heterocycles. The van der Waals surface area contributed by atoms with Gasteiger partial charge < -0.3 is 0 Å². The van der Waals surface area contributed by atoms with Crippen molar-refractivity contribution in [3.05, 3.63) is 0 Å². The zero-order valence-electron chi connectivity index (χ0n) is 4.89. The molecule has 0 atom stereocenters. The van der Waals surface area contributed by atoms with Gasteiger partial charge in [-0.3, -0.25) is 0 Å². The first-order chi connectivity index (χ1) is 3.55. The zero-order chi connectivity index (χ0) is 6.73. The molecule has 0 spiro atoms. The van der Waals surface area contributed by atoms with Crippen LogP contribution in [0.2, 0.25) is 4.22 Å². The quantitative estimate of drug-likeness (QED) is 0.421. The molecule has 2 nitrogen and oxygen atoms in total. The van der Waals surface area contributed by atoms with Gasteiger partial charge >= 0.3 is 59.7 Å². The molecule has 0 saturated heterocycles. The number of rotatable bonds is 2. The molecule has 0 aromatic carbocycles. The van der Waals surface area contributed by atoms with Crippen LogP contribution in [0.4, 0.5) is 0 Å². The zero-order valence-corrected chi connectivity index (χ0v) is 6.46. The summed E-state index contributed by atoms with van der Waals surface area (Å²) in [7, 11) is 0. The van der Waals surface area contributed by atoms with E-state index < -0.39 is 4.22 Å². The number of ketones is 2. The molecule has 0 aliphatic rings. The van der Waals surface area contributed by atoms with Crippen molar-refractivity contribution >= 4 is 11.6 Å². The molecule has 0 fully saturated rings. The molecule has 3 heteroatoms. The summed E-state index contributed by atoms with van der Waals surface area (Å²) in [5.41, 5.74) is 0. The first-order valence-corrected chi connectivity index (χ1v) is 3.18. The van der Waals surface area contributed by atoms with Crippen molar-refractivity contribution in [1.82, 2.24) is 0 Å². The summed E-state index contributed by atoms with van der Waals surface area (Å²) in [5, 5.41) is 0. The van der Waals surface area contributed by atoms with Crippen molar-refractivity contribution in [1.29, 1.82) is 0 Å². The maximum atomic E-state index is 10.4. The van der Waals surface area contributed by atoms with E-state index in [9.17, 15) is 9.59 Å². The van der Waals surface area contributed by atoms with E-state index in [4.69, 9.17) is 0 Å². The predicted molar refractivity (Wildman–Crippen MR) is 25.1 cm³/mol. The Balaban J connectivity index is 3.83. The average Bonchev–Trinajstić information content (AvgIpc) is 1.64. The van der Waals surface area contributed by atoms with Gasteiger partial charge in [0.25, 0.3) is 0 Å². The van der Waals surface area contributed by atoms with Crippen LogP contribution in [0.25, 0.3) is 0 Å². The van der Waals surface area contributed by atoms with Crippen LogP contribution in [0.1, 0.15) is 13.8 Å². The van der Waals surface area contributed by atoms with Crippen LogP contribution in [0.3, 0.4) is 0 Å². The van der Waals surface area contributed by atoms with E-state index >= 15 is 0 Å². The van der Waals surface area contributed by atoms with Gasteiger partial charge in [0.05, 0.1) is 0 Å². The molecular weight excluding hydrogens is 140 g/mol. The fourth-order valence-electron chi connectivity index (χ4n) is 0.286. The third-order valence-corrected chi connectivity index (χ3v) is 2.08. The Bertz CT molecular complexity index is 106. The third kappa shape index (κ3) is 2.38. The van der Waals surface area contributed by atoms with Crippen molar-refractivity contribution in [2.24, 2.45) is 0 Å². The monoisotopic (exact) mass is 147 g/mol. The summed E-state index contributed by atoms with van der Waals surface area (Å²) in [4.78, 5) is 20.7. The molecule has 0 aromatic rings. The van der Waals surface area contributed by atoms with Gasteiger partial charge in [-0.1, -0.05) is 0 Å². The Morgan fingerprint density at radius 1 is 1.25 bits per heavy atom. The second-order valence-electron chi connectivity index (χ2n) is 1.65. The second kappa shape index (κ2) is 3.15. The van der Waals surface area contributed by atoms with Gasteiger partial charge in [0, 0.05) is 0 Å². The van der Waals surface area contributed by atoms with E-state index in [1.165, 1.54) is 13.8 Å². The van der Waals surface area contributed by atoms with Gasteiger partial charge in [0.1, 0.15) is 0 Å². The van der Waals surface area contributed by atoms with E-state index in [0.29, 0.717) is 0 Å². The molecule has 0 aliphatic heterocycles. The molecule has 43 valence electrons. The van der Waals surface area contributed by atoms with Crippen LogP contribution in [-0.2, 0) is 30.0 Å². The second-order valence-corrected chi connectivity index (χ2v) is 2.56. The first kappa shape index (κ1) is 8.05. The van der Waals surface area contributed by atoms with Crippen molar-refractivity contribution in [2.45, 2.75) is 18.1 Å². The van der Waals surface area contributed by atoms with Crippen molar-refractivity contribution in [2.75, 3.05) is 0 Å². The summed E-state index contributed by atoms with van der Waals surface area (Å²) in [5.74, 6) is -0.116. The molecule has 0 bridgehead atoms. The number of carbonyl (C=O) groups is 2. The number of carbonyl (C=O) groups excluding carboxylic acids is 2. The third-order valence-electron chi connectivity index (χ3n) is 0.813. The van der Waals surface area contributed by atoms with Gasteiger partial charge in [-0.25, -0.2) is 0 Å². The Morgan fingerprint density at radius 3 is 1.50 bits per heavy atom. The predicted octanol–water partition coefficient (Wildman–Crippen LogP) is 0.500. The minimum absolute atomic E-state index is 0.0579. The Labute approximate surface area is 60.0 Å². The summed E-state index contributed by atoms with van der Waals surface area (Å²) in [6.45, 7) is 2.85. The van der Waals surface area contributed by atoms with E-state index in [1.54, 1.807) is 20.4 Å². The molecule has 8 heavy (non-hydrogen) atoms. The number of Topliss-reactive ketones (excluding diaryl/α,β-unsaturated/α-hetero) is 2. The molecule has 0 aromatic heterocycles. The van der Waals surface area contributed by atoms with Crippen LogP contribution < -0.4 is 0 Å². The number of hydrogen-bond acceptors (Lipinski definition) is 2. The van der Waals surface area contributed by atoms with Crippen LogP contribution >= 0.6 is 0 Å². The van der Waals surface area contributed by atoms with Gasteiger partial charge in [-0.2, -0.15) is 0 Å². The first-order valence-electron chi connectivity index (χ1n) is 2.27. The van der Waals surface area contributed by atoms with Gasteiger partial charge in [0.2, 0.25) is 0 Å². The van der Waals surface area contributed by atoms with Crippen LogP contribution in [0.5, 0.6) is 0 Å². The van der Waals surface area contributed by atoms with Gasteiger partial charge in [0.15, 0.2) is 0 Å². The summed E-state index contributed by atoms with van der Waals surface area (Å²) < 4.78 is -0.407. The molecule has 0 rings (SSSR count). The van der Waals surface area contributed by atoms with Crippen LogP contribution in [0.15, 0.2) is 0 Å². The normalized spacial score (nSPS) is 9.25. The topological polar surface area (TPSA) is 34.1 Å². The minimum atomic E-state index is -0.407. The van der Waals surface area contributed by atoms with Crippen molar-refractivity contribution in [3.8, 4) is 0 Å². The fraction of sp³-hybridized carbons (Fsp3) is 0.600. The standard InChI is InChI=1S/C5H7O2.Ti/c1-4(6)3-5(2)7;/h3H,1-2H3;. The molecule has 0 saturated carbocycles. The molecule has 0 aliphatic carbocycles. The SMILES string of the molecule is CC(=O)[CH]([Ti])C(C)=O. The average molecular weight is 147 g/mol. The fourth-order valence-corrected chi connectivity index (χ4v) is 0.286. The van der Waals surface area contributed by atoms with E-state index in [2.05, 4.69) is 0 Å². The number of hydrogen-bond donors (Lipinski definition) is 0. The summed E-state index contributed by atoms with van der Waals surface area (Å²) >= 11 is 1.62. The summed E-state index contributed by atoms with van der Waals surface area (Å²) in [6, 6.07) is 0. The Kier molecular flexibility index (Phi) is 3.18.